The maximum absolute atomic E-state index is 12.4. The van der Waals surface area contributed by atoms with Crippen LogP contribution in [0.1, 0.15) is 16.2 Å². The van der Waals surface area contributed by atoms with E-state index >= 15 is 0 Å². The van der Waals surface area contributed by atoms with E-state index < -0.39 is 0 Å². The lowest BCUT2D eigenvalue weighted by atomic mass is 10.2. The van der Waals surface area contributed by atoms with Crippen LogP contribution in [0.3, 0.4) is 0 Å². The minimum Gasteiger partial charge on any atom is -0.367 e. The van der Waals surface area contributed by atoms with Gasteiger partial charge < -0.3 is 14.8 Å². The van der Waals surface area contributed by atoms with E-state index in [2.05, 4.69) is 25.0 Å². The van der Waals surface area contributed by atoms with Crippen molar-refractivity contribution in [2.45, 2.75) is 6.92 Å². The SMILES string of the molecule is Cc1nc2cncc(N3CCN(C(=O)c4cc[nH]c4)CC3)n2n1. The quantitative estimate of drug-likeness (QED) is 0.754. The average molecular weight is 311 g/mol. The number of H-pyrrole nitrogens is 1. The highest BCUT2D eigenvalue weighted by Gasteiger charge is 2.24. The molecule has 118 valence electrons. The zero-order chi connectivity index (χ0) is 15.8. The van der Waals surface area contributed by atoms with Gasteiger partial charge >= 0.3 is 0 Å². The van der Waals surface area contributed by atoms with E-state index in [1.807, 2.05) is 16.3 Å². The van der Waals surface area contributed by atoms with Gasteiger partial charge in [-0.2, -0.15) is 4.52 Å². The fourth-order valence-corrected chi connectivity index (χ4v) is 2.90. The number of fused-ring (bicyclic) bond motifs is 1. The highest BCUT2D eigenvalue weighted by Crippen LogP contribution is 2.17. The molecule has 1 N–H and O–H groups in total. The van der Waals surface area contributed by atoms with E-state index in [1.54, 1.807) is 30.9 Å². The van der Waals surface area contributed by atoms with Gasteiger partial charge in [0.1, 0.15) is 5.82 Å². The summed E-state index contributed by atoms with van der Waals surface area (Å²) in [5, 5.41) is 4.42. The maximum Gasteiger partial charge on any atom is 0.255 e. The number of nitrogens with one attached hydrogen (secondary N) is 1. The van der Waals surface area contributed by atoms with Crippen LogP contribution >= 0.6 is 0 Å². The maximum atomic E-state index is 12.4. The number of aryl methyl sites for hydroxylation is 1. The summed E-state index contributed by atoms with van der Waals surface area (Å²) in [7, 11) is 0. The van der Waals surface area contributed by atoms with Gasteiger partial charge in [-0.05, 0) is 13.0 Å². The Morgan fingerprint density at radius 2 is 2.04 bits per heavy atom. The molecular weight excluding hydrogens is 294 g/mol. The van der Waals surface area contributed by atoms with E-state index in [-0.39, 0.29) is 5.91 Å². The van der Waals surface area contributed by atoms with Gasteiger partial charge in [0.25, 0.3) is 5.91 Å². The summed E-state index contributed by atoms with van der Waals surface area (Å²) in [5.41, 5.74) is 1.44. The Bertz CT molecular complexity index is 831. The molecule has 0 aliphatic carbocycles. The molecule has 8 heteroatoms. The van der Waals surface area contributed by atoms with Crippen LogP contribution in [-0.4, -0.2) is 61.6 Å². The lowest BCUT2D eigenvalue weighted by Crippen LogP contribution is -2.49. The van der Waals surface area contributed by atoms with Gasteiger partial charge in [0.15, 0.2) is 11.5 Å². The second-order valence-electron chi connectivity index (χ2n) is 5.57. The average Bonchev–Trinajstić information content (AvgIpc) is 3.22. The summed E-state index contributed by atoms with van der Waals surface area (Å²) >= 11 is 0. The molecule has 1 aliphatic rings. The second-order valence-corrected chi connectivity index (χ2v) is 5.57. The molecule has 1 aliphatic heterocycles. The summed E-state index contributed by atoms with van der Waals surface area (Å²) in [6, 6.07) is 1.80. The monoisotopic (exact) mass is 311 g/mol. The molecule has 8 nitrogen and oxygen atoms in total. The van der Waals surface area contributed by atoms with Crippen molar-refractivity contribution in [1.29, 1.82) is 0 Å². The molecule has 0 radical (unpaired) electrons. The molecule has 0 atom stereocenters. The second kappa shape index (κ2) is 5.38. The van der Waals surface area contributed by atoms with Crippen molar-refractivity contribution >= 4 is 17.4 Å². The zero-order valence-electron chi connectivity index (χ0n) is 12.8. The van der Waals surface area contributed by atoms with E-state index in [9.17, 15) is 4.79 Å². The third-order valence-corrected chi connectivity index (χ3v) is 4.07. The molecule has 0 spiro atoms. The zero-order valence-corrected chi connectivity index (χ0v) is 12.8. The van der Waals surface area contributed by atoms with Gasteiger partial charge in [-0.1, -0.05) is 0 Å². The molecule has 3 aromatic rings. The summed E-state index contributed by atoms with van der Waals surface area (Å²) < 4.78 is 1.81. The molecule has 23 heavy (non-hydrogen) atoms. The van der Waals surface area contributed by atoms with Gasteiger partial charge in [0.2, 0.25) is 0 Å². The summed E-state index contributed by atoms with van der Waals surface area (Å²) in [6.07, 6.45) is 7.00. The first-order chi connectivity index (χ1) is 11.2. The van der Waals surface area contributed by atoms with Crippen LogP contribution in [-0.2, 0) is 0 Å². The van der Waals surface area contributed by atoms with Crippen molar-refractivity contribution in [2.24, 2.45) is 0 Å². The molecule has 0 unspecified atom stereocenters. The smallest absolute Gasteiger partial charge is 0.255 e. The number of carbonyl (C=O) groups excluding carboxylic acids is 1. The van der Waals surface area contributed by atoms with Crippen LogP contribution < -0.4 is 4.90 Å². The Balaban J connectivity index is 1.52. The lowest BCUT2D eigenvalue weighted by molar-refractivity contribution is 0.0746. The molecule has 1 fully saturated rings. The largest absolute Gasteiger partial charge is 0.367 e. The minimum absolute atomic E-state index is 0.0684. The third kappa shape index (κ3) is 2.41. The summed E-state index contributed by atoms with van der Waals surface area (Å²) in [6.45, 7) is 4.71. The van der Waals surface area contributed by atoms with Crippen LogP contribution in [0, 0.1) is 6.92 Å². The molecule has 1 saturated heterocycles. The fourth-order valence-electron chi connectivity index (χ4n) is 2.90. The number of amides is 1. The molecule has 0 aromatic carbocycles. The Hall–Kier alpha value is -2.90. The fraction of sp³-hybridized carbons (Fsp3) is 0.333. The number of hydrogen-bond acceptors (Lipinski definition) is 5. The van der Waals surface area contributed by atoms with Crippen molar-refractivity contribution < 1.29 is 4.79 Å². The van der Waals surface area contributed by atoms with Gasteiger partial charge in [-0.3, -0.25) is 9.78 Å². The van der Waals surface area contributed by atoms with Crippen LogP contribution in [0.4, 0.5) is 5.82 Å². The van der Waals surface area contributed by atoms with E-state index in [4.69, 9.17) is 0 Å². The molecule has 1 amide bonds. The van der Waals surface area contributed by atoms with E-state index in [1.165, 1.54) is 0 Å². The molecule has 4 rings (SSSR count). The summed E-state index contributed by atoms with van der Waals surface area (Å²) in [4.78, 5) is 27.9. The number of nitrogens with zero attached hydrogens (tertiary/aromatic N) is 6. The normalized spacial score (nSPS) is 15.3. The summed E-state index contributed by atoms with van der Waals surface area (Å²) in [5.74, 6) is 1.70. The van der Waals surface area contributed by atoms with E-state index in [0.29, 0.717) is 18.7 Å². The van der Waals surface area contributed by atoms with Crippen molar-refractivity contribution in [1.82, 2.24) is 29.5 Å². The highest BCUT2D eigenvalue weighted by molar-refractivity contribution is 5.94. The van der Waals surface area contributed by atoms with Gasteiger partial charge in [-0.15, -0.1) is 5.10 Å². The Morgan fingerprint density at radius 1 is 1.22 bits per heavy atom. The van der Waals surface area contributed by atoms with Crippen molar-refractivity contribution in [3.8, 4) is 0 Å². The first kappa shape index (κ1) is 13.7. The number of rotatable bonds is 2. The molecule has 3 aromatic heterocycles. The number of carbonyl (C=O) groups is 1. The predicted molar refractivity (Wildman–Crippen MR) is 84.4 cm³/mol. The van der Waals surface area contributed by atoms with Crippen molar-refractivity contribution in [3.63, 3.8) is 0 Å². The minimum atomic E-state index is 0.0684. The number of hydrogen-bond donors (Lipinski definition) is 1. The number of piperazine rings is 1. The Kier molecular flexibility index (Phi) is 3.22. The Morgan fingerprint density at radius 3 is 2.78 bits per heavy atom. The number of aromatic amines is 1. The van der Waals surface area contributed by atoms with Crippen LogP contribution in [0.5, 0.6) is 0 Å². The van der Waals surface area contributed by atoms with Crippen LogP contribution in [0.25, 0.3) is 5.65 Å². The Labute approximate surface area is 132 Å². The number of anilines is 1. The number of aromatic nitrogens is 5. The van der Waals surface area contributed by atoms with E-state index in [0.717, 1.165) is 30.4 Å². The van der Waals surface area contributed by atoms with Gasteiger partial charge in [0.05, 0.1) is 18.0 Å². The van der Waals surface area contributed by atoms with Crippen LogP contribution in [0.2, 0.25) is 0 Å². The first-order valence-corrected chi connectivity index (χ1v) is 7.57. The predicted octanol–water partition coefficient (Wildman–Crippen LogP) is 0.723. The topological polar surface area (TPSA) is 82.4 Å². The molecule has 0 bridgehead atoms. The molecule has 4 heterocycles. The highest BCUT2D eigenvalue weighted by atomic mass is 16.2. The van der Waals surface area contributed by atoms with Gasteiger partial charge in [-0.25, -0.2) is 4.98 Å². The first-order valence-electron chi connectivity index (χ1n) is 7.57. The van der Waals surface area contributed by atoms with Gasteiger partial charge in [0, 0.05) is 38.6 Å². The molecule has 0 saturated carbocycles. The molecular formula is C15H17N7O. The van der Waals surface area contributed by atoms with Crippen molar-refractivity contribution in [3.05, 3.63) is 42.2 Å². The lowest BCUT2D eigenvalue weighted by Gasteiger charge is -2.35. The van der Waals surface area contributed by atoms with Crippen molar-refractivity contribution in [2.75, 3.05) is 31.1 Å². The standard InChI is InChI=1S/C15H17N7O/c1-11-18-13-9-17-10-14(22(13)19-11)20-4-6-21(7-5-20)15(23)12-2-3-16-8-12/h2-3,8-10,16H,4-7H2,1H3. The third-order valence-electron chi connectivity index (χ3n) is 4.07. The van der Waals surface area contributed by atoms with Crippen LogP contribution in [0.15, 0.2) is 30.9 Å².